The van der Waals surface area contributed by atoms with Crippen LogP contribution >= 0.6 is 0 Å². The van der Waals surface area contributed by atoms with E-state index in [2.05, 4.69) is 10.2 Å². The van der Waals surface area contributed by atoms with E-state index in [1.54, 1.807) is 6.08 Å². The fourth-order valence-electron chi connectivity index (χ4n) is 3.53. The summed E-state index contributed by atoms with van der Waals surface area (Å²) < 4.78 is 5.87. The lowest BCUT2D eigenvalue weighted by Crippen LogP contribution is -2.39. The van der Waals surface area contributed by atoms with Gasteiger partial charge in [0.15, 0.2) is 0 Å². The minimum atomic E-state index is -0.00420. The van der Waals surface area contributed by atoms with Crippen molar-refractivity contribution < 1.29 is 14.3 Å². The number of benzene rings is 2. The van der Waals surface area contributed by atoms with Gasteiger partial charge in [0.1, 0.15) is 12.4 Å². The van der Waals surface area contributed by atoms with E-state index in [1.165, 1.54) is 0 Å². The van der Waals surface area contributed by atoms with Crippen LogP contribution in [-0.4, -0.2) is 60.9 Å². The molecule has 0 bridgehead atoms. The van der Waals surface area contributed by atoms with E-state index in [9.17, 15) is 9.59 Å². The molecular formula is C25H31N3O3. The summed E-state index contributed by atoms with van der Waals surface area (Å²) in [6, 6.07) is 17.8. The second-order valence-corrected chi connectivity index (χ2v) is 7.59. The summed E-state index contributed by atoms with van der Waals surface area (Å²) >= 11 is 0. The summed E-state index contributed by atoms with van der Waals surface area (Å²) in [5, 5.41) is 2.83. The highest BCUT2D eigenvalue weighted by Crippen LogP contribution is 2.16. The van der Waals surface area contributed by atoms with Crippen molar-refractivity contribution in [2.75, 3.05) is 39.3 Å². The van der Waals surface area contributed by atoms with Gasteiger partial charge < -0.3 is 15.0 Å². The molecule has 0 saturated carbocycles. The summed E-state index contributed by atoms with van der Waals surface area (Å²) in [6.45, 7) is 6.32. The zero-order valence-electron chi connectivity index (χ0n) is 18.1. The summed E-state index contributed by atoms with van der Waals surface area (Å²) in [5.74, 6) is 0.807. The molecule has 6 heteroatoms. The van der Waals surface area contributed by atoms with E-state index in [0.717, 1.165) is 29.8 Å². The summed E-state index contributed by atoms with van der Waals surface area (Å²) in [4.78, 5) is 28.4. The molecule has 1 fully saturated rings. The molecule has 1 aliphatic rings. The van der Waals surface area contributed by atoms with Gasteiger partial charge in [0.2, 0.25) is 11.8 Å². The molecule has 0 unspecified atom stereocenters. The molecule has 1 heterocycles. The third-order valence-corrected chi connectivity index (χ3v) is 5.17. The number of hydrogen-bond acceptors (Lipinski definition) is 4. The largest absolute Gasteiger partial charge is 0.489 e. The van der Waals surface area contributed by atoms with Crippen molar-refractivity contribution in [1.82, 2.24) is 15.1 Å². The van der Waals surface area contributed by atoms with Gasteiger partial charge in [0.25, 0.3) is 0 Å². The fourth-order valence-corrected chi connectivity index (χ4v) is 3.53. The van der Waals surface area contributed by atoms with Crippen LogP contribution in [0.3, 0.4) is 0 Å². The zero-order valence-corrected chi connectivity index (χ0v) is 18.1. The lowest BCUT2D eigenvalue weighted by Gasteiger charge is -2.20. The first-order chi connectivity index (χ1) is 15.1. The molecule has 31 heavy (non-hydrogen) atoms. The summed E-state index contributed by atoms with van der Waals surface area (Å²) in [5.41, 5.74) is 2.03. The lowest BCUT2D eigenvalue weighted by molar-refractivity contribution is -0.125. The van der Waals surface area contributed by atoms with Crippen LogP contribution in [-0.2, 0) is 16.2 Å². The molecule has 2 aromatic rings. The molecule has 2 amide bonds. The molecule has 1 saturated heterocycles. The molecule has 0 aromatic heterocycles. The molecule has 0 spiro atoms. The Kier molecular flexibility index (Phi) is 8.67. The number of hydrogen-bond donors (Lipinski definition) is 1. The Morgan fingerprint density at radius 1 is 1.03 bits per heavy atom. The first-order valence-corrected chi connectivity index (χ1v) is 10.9. The minimum Gasteiger partial charge on any atom is -0.489 e. The monoisotopic (exact) mass is 421 g/mol. The van der Waals surface area contributed by atoms with Crippen molar-refractivity contribution in [3.05, 3.63) is 71.8 Å². The maximum atomic E-state index is 12.7. The van der Waals surface area contributed by atoms with Crippen molar-refractivity contribution >= 4 is 17.9 Å². The summed E-state index contributed by atoms with van der Waals surface area (Å²) in [6.07, 6.45) is 4.31. The SMILES string of the molecule is CCNC(=O)CN1CCCN(C(=O)/C=C/c2cccc(OCc3ccccc3)c2)CC1. The number of ether oxygens (including phenoxy) is 1. The molecular weight excluding hydrogens is 390 g/mol. The number of nitrogens with zero attached hydrogens (tertiary/aromatic N) is 2. The maximum Gasteiger partial charge on any atom is 0.246 e. The predicted molar refractivity (Wildman–Crippen MR) is 123 cm³/mol. The second kappa shape index (κ2) is 11.9. The lowest BCUT2D eigenvalue weighted by atomic mass is 10.2. The predicted octanol–water partition coefficient (Wildman–Crippen LogP) is 2.95. The average Bonchev–Trinajstić information content (AvgIpc) is 3.03. The van der Waals surface area contributed by atoms with Crippen molar-refractivity contribution in [3.8, 4) is 5.75 Å². The number of likely N-dealkylation sites (N-methyl/N-ethyl adjacent to an activating group) is 1. The van der Waals surface area contributed by atoms with Crippen LogP contribution in [0.5, 0.6) is 5.75 Å². The Bertz CT molecular complexity index is 883. The van der Waals surface area contributed by atoms with Gasteiger partial charge in [-0.05, 0) is 42.7 Å². The van der Waals surface area contributed by atoms with Crippen LogP contribution in [0, 0.1) is 0 Å². The molecule has 0 aliphatic carbocycles. The van der Waals surface area contributed by atoms with Crippen LogP contribution in [0.1, 0.15) is 24.5 Å². The van der Waals surface area contributed by atoms with Gasteiger partial charge in [-0.25, -0.2) is 0 Å². The molecule has 2 aromatic carbocycles. The van der Waals surface area contributed by atoms with Gasteiger partial charge >= 0.3 is 0 Å². The highest BCUT2D eigenvalue weighted by molar-refractivity contribution is 5.91. The average molecular weight is 422 g/mol. The number of carbonyl (C=O) groups is 2. The van der Waals surface area contributed by atoms with Crippen molar-refractivity contribution in [2.45, 2.75) is 20.0 Å². The summed E-state index contributed by atoms with van der Waals surface area (Å²) in [7, 11) is 0. The fraction of sp³-hybridized carbons (Fsp3) is 0.360. The smallest absolute Gasteiger partial charge is 0.246 e. The minimum absolute atomic E-state index is 0.00420. The second-order valence-electron chi connectivity index (χ2n) is 7.59. The molecule has 3 rings (SSSR count). The molecule has 0 radical (unpaired) electrons. The van der Waals surface area contributed by atoms with Gasteiger partial charge in [-0.1, -0.05) is 42.5 Å². The Balaban J connectivity index is 1.50. The molecule has 0 atom stereocenters. The van der Waals surface area contributed by atoms with Crippen LogP contribution in [0.25, 0.3) is 6.08 Å². The highest BCUT2D eigenvalue weighted by atomic mass is 16.5. The number of carbonyl (C=O) groups excluding carboxylic acids is 2. The molecule has 6 nitrogen and oxygen atoms in total. The first kappa shape index (κ1) is 22.6. The van der Waals surface area contributed by atoms with Crippen molar-refractivity contribution in [2.24, 2.45) is 0 Å². The van der Waals surface area contributed by atoms with Gasteiger partial charge in [0, 0.05) is 38.8 Å². The van der Waals surface area contributed by atoms with E-state index in [4.69, 9.17) is 4.74 Å². The molecule has 1 N–H and O–H groups in total. The van der Waals surface area contributed by atoms with Crippen LogP contribution in [0.15, 0.2) is 60.7 Å². The Hall–Kier alpha value is -3.12. The van der Waals surface area contributed by atoms with Gasteiger partial charge in [-0.15, -0.1) is 0 Å². The normalized spacial score (nSPS) is 14.9. The number of nitrogens with one attached hydrogen (secondary N) is 1. The maximum absolute atomic E-state index is 12.7. The van der Waals surface area contributed by atoms with E-state index < -0.39 is 0 Å². The number of amides is 2. The van der Waals surface area contributed by atoms with Gasteiger partial charge in [-0.2, -0.15) is 0 Å². The Morgan fingerprint density at radius 2 is 1.87 bits per heavy atom. The number of rotatable bonds is 8. The van der Waals surface area contributed by atoms with Crippen molar-refractivity contribution in [3.63, 3.8) is 0 Å². The highest BCUT2D eigenvalue weighted by Gasteiger charge is 2.19. The van der Waals surface area contributed by atoms with Crippen LogP contribution in [0.4, 0.5) is 0 Å². The van der Waals surface area contributed by atoms with E-state index in [0.29, 0.717) is 39.3 Å². The van der Waals surface area contributed by atoms with Crippen LogP contribution in [0.2, 0.25) is 0 Å². The third kappa shape index (κ3) is 7.57. The van der Waals surface area contributed by atoms with E-state index in [1.807, 2.05) is 72.5 Å². The zero-order chi connectivity index (χ0) is 21.9. The standard InChI is InChI=1S/C25H31N3O3/c1-2-26-24(29)19-27-14-7-15-28(17-16-27)25(30)13-12-21-10-6-11-23(18-21)31-20-22-8-4-3-5-9-22/h3-6,8-13,18H,2,7,14-17,19-20H2,1H3,(H,26,29)/b13-12+. The first-order valence-electron chi connectivity index (χ1n) is 10.9. The topological polar surface area (TPSA) is 61.9 Å². The third-order valence-electron chi connectivity index (χ3n) is 5.17. The van der Waals surface area contributed by atoms with Gasteiger partial charge in [-0.3, -0.25) is 14.5 Å². The Labute approximate surface area is 184 Å². The van der Waals surface area contributed by atoms with Gasteiger partial charge in [0.05, 0.1) is 6.54 Å². The van der Waals surface area contributed by atoms with E-state index >= 15 is 0 Å². The van der Waals surface area contributed by atoms with Crippen molar-refractivity contribution in [1.29, 1.82) is 0 Å². The molecule has 164 valence electrons. The molecule has 1 aliphatic heterocycles. The van der Waals surface area contributed by atoms with E-state index in [-0.39, 0.29) is 11.8 Å². The quantitative estimate of drug-likeness (QED) is 0.666. The van der Waals surface area contributed by atoms with Crippen LogP contribution < -0.4 is 10.1 Å². The Morgan fingerprint density at radius 3 is 2.68 bits per heavy atom.